The van der Waals surface area contributed by atoms with Gasteiger partial charge in [-0.15, -0.1) is 0 Å². The first-order chi connectivity index (χ1) is 9.60. The Morgan fingerprint density at radius 1 is 1.10 bits per heavy atom. The molecule has 0 saturated heterocycles. The van der Waals surface area contributed by atoms with Crippen molar-refractivity contribution in [2.45, 2.75) is 13.5 Å². The number of hydrogen-bond acceptors (Lipinski definition) is 2. The normalized spacial score (nSPS) is 10.4. The van der Waals surface area contributed by atoms with Gasteiger partial charge in [-0.25, -0.2) is 4.39 Å². The molecule has 0 bridgehead atoms. The van der Waals surface area contributed by atoms with Crippen LogP contribution in [0, 0.1) is 5.82 Å². The standard InChI is InChI=1S/C15H14Cl2FNO/c1-2-20-15-6-4-11(8-13(15)17)19-9-10-3-5-14(18)12(16)7-10/h3-8,19H,2,9H2,1H3. The van der Waals surface area contributed by atoms with Gasteiger partial charge in [-0.05, 0) is 42.8 Å². The summed E-state index contributed by atoms with van der Waals surface area (Å²) < 4.78 is 18.4. The monoisotopic (exact) mass is 313 g/mol. The zero-order valence-electron chi connectivity index (χ0n) is 10.9. The lowest BCUT2D eigenvalue weighted by atomic mass is 10.2. The number of ether oxygens (including phenoxy) is 1. The van der Waals surface area contributed by atoms with Crippen LogP contribution in [0.15, 0.2) is 36.4 Å². The molecule has 106 valence electrons. The number of nitrogens with one attached hydrogen (secondary N) is 1. The predicted octanol–water partition coefficient (Wildman–Crippen LogP) is 5.14. The van der Waals surface area contributed by atoms with Gasteiger partial charge in [-0.3, -0.25) is 0 Å². The average Bonchev–Trinajstić information content (AvgIpc) is 2.43. The van der Waals surface area contributed by atoms with E-state index in [-0.39, 0.29) is 5.02 Å². The van der Waals surface area contributed by atoms with Crippen LogP contribution in [0.2, 0.25) is 10.0 Å². The summed E-state index contributed by atoms with van der Waals surface area (Å²) in [7, 11) is 0. The SMILES string of the molecule is CCOc1ccc(NCc2ccc(F)c(Cl)c2)cc1Cl. The zero-order valence-corrected chi connectivity index (χ0v) is 12.4. The van der Waals surface area contributed by atoms with E-state index in [4.69, 9.17) is 27.9 Å². The van der Waals surface area contributed by atoms with Gasteiger partial charge >= 0.3 is 0 Å². The van der Waals surface area contributed by atoms with E-state index in [0.717, 1.165) is 11.3 Å². The molecule has 0 fully saturated rings. The van der Waals surface area contributed by atoms with Crippen LogP contribution >= 0.6 is 23.2 Å². The summed E-state index contributed by atoms with van der Waals surface area (Å²) in [5.74, 6) is 0.240. The number of halogens is 3. The fraction of sp³-hybridized carbons (Fsp3) is 0.200. The maximum atomic E-state index is 13.0. The third kappa shape index (κ3) is 3.78. The third-order valence-electron chi connectivity index (χ3n) is 2.71. The molecule has 0 aliphatic rings. The molecule has 0 aliphatic heterocycles. The van der Waals surface area contributed by atoms with E-state index in [0.29, 0.717) is 23.9 Å². The van der Waals surface area contributed by atoms with Crippen LogP contribution in [0.4, 0.5) is 10.1 Å². The van der Waals surface area contributed by atoms with E-state index >= 15 is 0 Å². The Balaban J connectivity index is 2.03. The molecular formula is C15H14Cl2FNO. The van der Waals surface area contributed by atoms with E-state index in [1.54, 1.807) is 18.2 Å². The molecule has 0 aromatic heterocycles. The van der Waals surface area contributed by atoms with Gasteiger partial charge in [0.1, 0.15) is 11.6 Å². The van der Waals surface area contributed by atoms with Crippen LogP contribution in [-0.4, -0.2) is 6.61 Å². The summed E-state index contributed by atoms with van der Waals surface area (Å²) in [6.07, 6.45) is 0. The minimum absolute atomic E-state index is 0.119. The quantitative estimate of drug-likeness (QED) is 0.824. The highest BCUT2D eigenvalue weighted by Gasteiger charge is 2.04. The van der Waals surface area contributed by atoms with Crippen LogP contribution in [0.1, 0.15) is 12.5 Å². The van der Waals surface area contributed by atoms with E-state index < -0.39 is 5.82 Å². The first kappa shape index (κ1) is 14.9. The van der Waals surface area contributed by atoms with Crippen molar-refractivity contribution in [1.82, 2.24) is 0 Å². The Hall–Kier alpha value is -1.45. The van der Waals surface area contributed by atoms with Crippen molar-refractivity contribution in [2.75, 3.05) is 11.9 Å². The van der Waals surface area contributed by atoms with Crippen LogP contribution in [0.5, 0.6) is 5.75 Å². The lowest BCUT2D eigenvalue weighted by Crippen LogP contribution is -2.00. The van der Waals surface area contributed by atoms with Crippen molar-refractivity contribution < 1.29 is 9.13 Å². The molecule has 0 atom stereocenters. The van der Waals surface area contributed by atoms with Gasteiger partial charge in [0.05, 0.1) is 16.7 Å². The highest BCUT2D eigenvalue weighted by atomic mass is 35.5. The first-order valence-corrected chi connectivity index (χ1v) is 6.96. The van der Waals surface area contributed by atoms with Crippen molar-refractivity contribution in [3.05, 3.63) is 57.8 Å². The molecule has 0 saturated carbocycles. The summed E-state index contributed by atoms with van der Waals surface area (Å²) in [5, 5.41) is 3.87. The highest BCUT2D eigenvalue weighted by molar-refractivity contribution is 6.32. The van der Waals surface area contributed by atoms with Gasteiger partial charge in [-0.2, -0.15) is 0 Å². The van der Waals surface area contributed by atoms with Crippen molar-refractivity contribution in [1.29, 1.82) is 0 Å². The summed E-state index contributed by atoms with van der Waals surface area (Å²) in [5.41, 5.74) is 1.75. The number of rotatable bonds is 5. The minimum Gasteiger partial charge on any atom is -0.492 e. The Morgan fingerprint density at radius 2 is 1.90 bits per heavy atom. The third-order valence-corrected chi connectivity index (χ3v) is 3.30. The Labute approximate surface area is 127 Å². The Morgan fingerprint density at radius 3 is 2.55 bits per heavy atom. The van der Waals surface area contributed by atoms with E-state index in [2.05, 4.69) is 5.32 Å². The van der Waals surface area contributed by atoms with Gasteiger partial charge in [-0.1, -0.05) is 29.3 Å². The second kappa shape index (κ2) is 6.82. The number of benzene rings is 2. The lowest BCUT2D eigenvalue weighted by Gasteiger charge is -2.10. The lowest BCUT2D eigenvalue weighted by molar-refractivity contribution is 0.340. The average molecular weight is 314 g/mol. The maximum Gasteiger partial charge on any atom is 0.141 e. The van der Waals surface area contributed by atoms with E-state index in [9.17, 15) is 4.39 Å². The van der Waals surface area contributed by atoms with Crippen molar-refractivity contribution >= 4 is 28.9 Å². The van der Waals surface area contributed by atoms with Crippen molar-refractivity contribution in [3.63, 3.8) is 0 Å². The number of anilines is 1. The van der Waals surface area contributed by atoms with Crippen LogP contribution in [0.3, 0.4) is 0 Å². The van der Waals surface area contributed by atoms with Crippen molar-refractivity contribution in [3.8, 4) is 5.75 Å². The zero-order chi connectivity index (χ0) is 14.5. The maximum absolute atomic E-state index is 13.0. The molecular weight excluding hydrogens is 300 g/mol. The molecule has 2 aromatic carbocycles. The molecule has 0 amide bonds. The van der Waals surface area contributed by atoms with Gasteiger partial charge in [0.2, 0.25) is 0 Å². The molecule has 20 heavy (non-hydrogen) atoms. The molecule has 0 spiro atoms. The molecule has 0 radical (unpaired) electrons. The van der Waals surface area contributed by atoms with Gasteiger partial charge < -0.3 is 10.1 Å². The van der Waals surface area contributed by atoms with Gasteiger partial charge in [0.15, 0.2) is 0 Å². The topological polar surface area (TPSA) is 21.3 Å². The Bertz CT molecular complexity index is 604. The predicted molar refractivity (Wildman–Crippen MR) is 81.4 cm³/mol. The molecule has 0 aliphatic carbocycles. The molecule has 0 heterocycles. The van der Waals surface area contributed by atoms with Gasteiger partial charge in [0.25, 0.3) is 0 Å². The minimum atomic E-state index is -0.417. The molecule has 2 nitrogen and oxygen atoms in total. The summed E-state index contributed by atoms with van der Waals surface area (Å²) in [6, 6.07) is 10.1. The summed E-state index contributed by atoms with van der Waals surface area (Å²) in [4.78, 5) is 0. The summed E-state index contributed by atoms with van der Waals surface area (Å²) in [6.45, 7) is 3.01. The van der Waals surface area contributed by atoms with Crippen LogP contribution in [0.25, 0.3) is 0 Å². The van der Waals surface area contributed by atoms with Crippen molar-refractivity contribution in [2.24, 2.45) is 0 Å². The summed E-state index contributed by atoms with van der Waals surface area (Å²) >= 11 is 11.8. The molecule has 5 heteroatoms. The first-order valence-electron chi connectivity index (χ1n) is 6.20. The smallest absolute Gasteiger partial charge is 0.141 e. The molecule has 0 unspecified atom stereocenters. The van der Waals surface area contributed by atoms with Crippen LogP contribution in [-0.2, 0) is 6.54 Å². The molecule has 2 rings (SSSR count). The largest absolute Gasteiger partial charge is 0.492 e. The van der Waals surface area contributed by atoms with Gasteiger partial charge in [0, 0.05) is 12.2 Å². The van der Waals surface area contributed by atoms with E-state index in [1.807, 2.05) is 19.1 Å². The van der Waals surface area contributed by atoms with E-state index in [1.165, 1.54) is 6.07 Å². The number of hydrogen-bond donors (Lipinski definition) is 1. The highest BCUT2D eigenvalue weighted by Crippen LogP contribution is 2.28. The second-order valence-electron chi connectivity index (χ2n) is 4.18. The fourth-order valence-corrected chi connectivity index (χ4v) is 2.18. The molecule has 1 N–H and O–H groups in total. The van der Waals surface area contributed by atoms with Crippen LogP contribution < -0.4 is 10.1 Å². The second-order valence-corrected chi connectivity index (χ2v) is 4.99. The fourth-order valence-electron chi connectivity index (χ4n) is 1.74. The molecule has 2 aromatic rings. The Kier molecular flexibility index (Phi) is 5.10.